The molecule has 0 aliphatic carbocycles. The predicted molar refractivity (Wildman–Crippen MR) is 85.6 cm³/mol. The van der Waals surface area contributed by atoms with Crippen LogP contribution in [-0.4, -0.2) is 67.2 Å². The molecule has 0 amide bonds. The number of hydrogen-bond acceptors (Lipinski definition) is 6. The second-order valence-electron chi connectivity index (χ2n) is 6.30. The topological polar surface area (TPSA) is 75.9 Å². The lowest BCUT2D eigenvalue weighted by atomic mass is 10.1. The van der Waals surface area contributed by atoms with Crippen molar-refractivity contribution in [1.29, 1.82) is 0 Å². The Morgan fingerprint density at radius 2 is 1.96 bits per heavy atom. The van der Waals surface area contributed by atoms with Crippen LogP contribution in [0.15, 0.2) is 4.42 Å². The minimum Gasteiger partial charge on any atom is -0.444 e. The number of rotatable bonds is 4. The van der Waals surface area contributed by atoms with Crippen molar-refractivity contribution in [3.63, 3.8) is 0 Å². The Bertz CT molecular complexity index is 618. The Morgan fingerprint density at radius 1 is 1.22 bits per heavy atom. The molecule has 0 N–H and O–H groups in total. The zero-order valence-corrected chi connectivity index (χ0v) is 14.6. The Morgan fingerprint density at radius 3 is 2.61 bits per heavy atom. The smallest absolute Gasteiger partial charge is 0.218 e. The van der Waals surface area contributed by atoms with Crippen LogP contribution in [-0.2, 0) is 21.3 Å². The maximum absolute atomic E-state index is 12.8. The Hall–Kier alpha value is -0.960. The van der Waals surface area contributed by atoms with Crippen LogP contribution < -0.4 is 0 Å². The van der Waals surface area contributed by atoms with E-state index in [0.29, 0.717) is 45.3 Å². The first-order valence-corrected chi connectivity index (χ1v) is 9.69. The van der Waals surface area contributed by atoms with E-state index >= 15 is 0 Å². The summed E-state index contributed by atoms with van der Waals surface area (Å²) in [7, 11) is -3.25. The number of aromatic nitrogens is 1. The molecular weight excluding hydrogens is 318 g/mol. The first-order chi connectivity index (χ1) is 11.0. The van der Waals surface area contributed by atoms with Gasteiger partial charge in [0.1, 0.15) is 5.76 Å². The molecule has 2 aliphatic heterocycles. The monoisotopic (exact) mass is 343 g/mol. The highest BCUT2D eigenvalue weighted by molar-refractivity contribution is 7.89. The minimum absolute atomic E-state index is 0.341. The molecule has 1 aromatic heterocycles. The van der Waals surface area contributed by atoms with Gasteiger partial charge in [-0.05, 0) is 33.2 Å². The molecule has 0 saturated carbocycles. The molecule has 7 nitrogen and oxygen atoms in total. The quantitative estimate of drug-likeness (QED) is 0.809. The van der Waals surface area contributed by atoms with Crippen molar-refractivity contribution in [2.75, 3.05) is 39.4 Å². The molecule has 2 fully saturated rings. The molecule has 1 unspecified atom stereocenters. The van der Waals surface area contributed by atoms with Crippen molar-refractivity contribution in [1.82, 2.24) is 14.2 Å². The lowest BCUT2D eigenvalue weighted by Gasteiger charge is -2.35. The normalized spacial score (nSPS) is 24.9. The Labute approximate surface area is 137 Å². The number of nitrogens with zero attached hydrogens (tertiary/aromatic N) is 3. The van der Waals surface area contributed by atoms with Gasteiger partial charge in [-0.1, -0.05) is 0 Å². The summed E-state index contributed by atoms with van der Waals surface area (Å²) >= 11 is 0. The molecule has 1 atom stereocenters. The number of ether oxygens (including phenoxy) is 1. The van der Waals surface area contributed by atoms with E-state index < -0.39 is 10.0 Å². The summed E-state index contributed by atoms with van der Waals surface area (Å²) in [4.78, 5) is 6.53. The van der Waals surface area contributed by atoms with E-state index in [0.717, 1.165) is 30.8 Å². The highest BCUT2D eigenvalue weighted by atomic mass is 32.2. The van der Waals surface area contributed by atoms with Gasteiger partial charge in [-0.25, -0.2) is 13.4 Å². The van der Waals surface area contributed by atoms with E-state index in [9.17, 15) is 8.42 Å². The molecule has 8 heteroatoms. The Kier molecular flexibility index (Phi) is 5.05. The van der Waals surface area contributed by atoms with Crippen molar-refractivity contribution >= 4 is 10.0 Å². The molecule has 0 bridgehead atoms. The number of sulfonamides is 1. The number of morpholine rings is 1. The van der Waals surface area contributed by atoms with Crippen molar-refractivity contribution in [3.05, 3.63) is 17.3 Å². The van der Waals surface area contributed by atoms with E-state index in [2.05, 4.69) is 9.88 Å². The molecule has 0 spiro atoms. The maximum Gasteiger partial charge on any atom is 0.218 e. The summed E-state index contributed by atoms with van der Waals surface area (Å²) in [5, 5.41) is -0.341. The zero-order valence-electron chi connectivity index (χ0n) is 13.8. The molecule has 23 heavy (non-hydrogen) atoms. The largest absolute Gasteiger partial charge is 0.444 e. The van der Waals surface area contributed by atoms with Crippen LogP contribution >= 0.6 is 0 Å². The van der Waals surface area contributed by atoms with Gasteiger partial charge in [-0.15, -0.1) is 0 Å². The van der Waals surface area contributed by atoms with E-state index in [-0.39, 0.29) is 5.25 Å². The number of likely N-dealkylation sites (tertiary alicyclic amines) is 1. The maximum atomic E-state index is 12.8. The summed E-state index contributed by atoms with van der Waals surface area (Å²) in [5.41, 5.74) is 0.898. The first-order valence-electron chi connectivity index (χ1n) is 8.19. The highest BCUT2D eigenvalue weighted by Gasteiger charge is 2.36. The molecule has 0 radical (unpaired) electrons. The molecule has 0 aromatic carbocycles. The van der Waals surface area contributed by atoms with Gasteiger partial charge in [0.15, 0.2) is 0 Å². The average molecular weight is 343 g/mol. The predicted octanol–water partition coefficient (Wildman–Crippen LogP) is 0.918. The van der Waals surface area contributed by atoms with Crippen molar-refractivity contribution in [2.45, 2.75) is 38.5 Å². The van der Waals surface area contributed by atoms with E-state index in [1.807, 2.05) is 13.8 Å². The van der Waals surface area contributed by atoms with Gasteiger partial charge in [-0.2, -0.15) is 4.31 Å². The molecule has 130 valence electrons. The molecule has 2 saturated heterocycles. The fraction of sp³-hybridized carbons (Fsp3) is 0.800. The highest BCUT2D eigenvalue weighted by Crippen LogP contribution is 2.23. The molecule has 3 heterocycles. The summed E-state index contributed by atoms with van der Waals surface area (Å²) < 4.78 is 38.1. The van der Waals surface area contributed by atoms with Crippen molar-refractivity contribution < 1.29 is 17.6 Å². The second kappa shape index (κ2) is 6.88. The number of aryl methyl sites for hydroxylation is 2. The van der Waals surface area contributed by atoms with Crippen molar-refractivity contribution in [3.8, 4) is 0 Å². The summed E-state index contributed by atoms with van der Waals surface area (Å²) in [6, 6.07) is 0. The van der Waals surface area contributed by atoms with Gasteiger partial charge in [-0.3, -0.25) is 4.90 Å². The van der Waals surface area contributed by atoms with Crippen LogP contribution in [0.4, 0.5) is 0 Å². The number of piperidine rings is 1. The van der Waals surface area contributed by atoms with E-state index in [1.165, 1.54) is 0 Å². The second-order valence-corrected chi connectivity index (χ2v) is 8.52. The van der Waals surface area contributed by atoms with Crippen molar-refractivity contribution in [2.24, 2.45) is 0 Å². The standard InChI is InChI=1S/C15H25N3O4S/c1-12-13(2)22-15(16-12)11-17-5-3-4-14(10-17)23(19,20)18-6-8-21-9-7-18/h14H,3-11H2,1-2H3. The summed E-state index contributed by atoms with van der Waals surface area (Å²) in [6.07, 6.45) is 1.60. The van der Waals surface area contributed by atoms with Gasteiger partial charge < -0.3 is 9.15 Å². The van der Waals surface area contributed by atoms with Crippen LogP contribution in [0, 0.1) is 13.8 Å². The van der Waals surface area contributed by atoms with Crippen LogP contribution in [0.25, 0.3) is 0 Å². The molecular formula is C15H25N3O4S. The number of hydrogen-bond donors (Lipinski definition) is 0. The Balaban J connectivity index is 1.65. The summed E-state index contributed by atoms with van der Waals surface area (Å²) in [6.45, 7) is 7.74. The third-order valence-electron chi connectivity index (χ3n) is 4.65. The molecule has 3 rings (SSSR count). The fourth-order valence-corrected chi connectivity index (χ4v) is 5.15. The minimum atomic E-state index is -3.25. The van der Waals surface area contributed by atoms with Crippen LogP contribution in [0.2, 0.25) is 0 Å². The van der Waals surface area contributed by atoms with Crippen LogP contribution in [0.5, 0.6) is 0 Å². The lowest BCUT2D eigenvalue weighted by Crippen LogP contribution is -2.50. The third-order valence-corrected chi connectivity index (χ3v) is 6.96. The zero-order chi connectivity index (χ0) is 16.4. The van der Waals surface area contributed by atoms with Crippen LogP contribution in [0.3, 0.4) is 0 Å². The van der Waals surface area contributed by atoms with Crippen LogP contribution in [0.1, 0.15) is 30.2 Å². The van der Waals surface area contributed by atoms with E-state index in [1.54, 1.807) is 4.31 Å². The first kappa shape index (κ1) is 16.9. The molecule has 1 aromatic rings. The number of oxazole rings is 1. The van der Waals surface area contributed by atoms with Gasteiger partial charge >= 0.3 is 0 Å². The fourth-order valence-electron chi connectivity index (χ4n) is 3.21. The van der Waals surface area contributed by atoms with Gasteiger partial charge in [0.2, 0.25) is 15.9 Å². The lowest BCUT2D eigenvalue weighted by molar-refractivity contribution is 0.0718. The average Bonchev–Trinajstić information content (AvgIpc) is 2.86. The molecule has 2 aliphatic rings. The van der Waals surface area contributed by atoms with E-state index in [4.69, 9.17) is 9.15 Å². The third kappa shape index (κ3) is 3.76. The summed E-state index contributed by atoms with van der Waals surface area (Å²) in [5.74, 6) is 1.50. The van der Waals surface area contributed by atoms with Gasteiger partial charge in [0.05, 0.1) is 30.7 Å². The SMILES string of the molecule is Cc1nc(CN2CCCC(S(=O)(=O)N3CCOCC3)C2)oc1C. The van der Waals surface area contributed by atoms with Gasteiger partial charge in [0, 0.05) is 19.6 Å². The van der Waals surface area contributed by atoms with Gasteiger partial charge in [0.25, 0.3) is 0 Å².